The minimum Gasteiger partial charge on any atom is -0.468 e. The highest BCUT2D eigenvalue weighted by Gasteiger charge is 2.74. The summed E-state index contributed by atoms with van der Waals surface area (Å²) >= 11 is 1.52. The Kier molecular flexibility index (Phi) is 4.70. The summed E-state index contributed by atoms with van der Waals surface area (Å²) in [7, 11) is 1.41. The van der Waals surface area contributed by atoms with Crippen LogP contribution in [0, 0.1) is 5.41 Å². The van der Waals surface area contributed by atoms with E-state index in [2.05, 4.69) is 0 Å². The SMILES string of the molecule is CCS[C@@H]1C(=O)N(Cc2ccccc2)[C@]2(C)c3cc4c(cc3C[C@]12C(=O)OC)OCO4. The number of benzene rings is 2. The van der Waals surface area contributed by atoms with Crippen LogP contribution in [0.1, 0.15) is 30.5 Å². The first-order valence-electron chi connectivity index (χ1n) is 10.5. The van der Waals surface area contributed by atoms with E-state index < -0.39 is 16.2 Å². The van der Waals surface area contributed by atoms with Gasteiger partial charge in [-0.1, -0.05) is 37.3 Å². The number of methoxy groups -OCH3 is 1. The molecule has 0 saturated carbocycles. The number of carbonyl (C=O) groups excluding carboxylic acids is 2. The predicted octanol–water partition coefficient (Wildman–Crippen LogP) is 3.51. The molecule has 1 aliphatic carbocycles. The van der Waals surface area contributed by atoms with Gasteiger partial charge in [0, 0.05) is 6.54 Å². The summed E-state index contributed by atoms with van der Waals surface area (Å²) in [6.45, 7) is 4.62. The minimum atomic E-state index is -1.02. The number of rotatable bonds is 5. The molecule has 1 amide bonds. The van der Waals surface area contributed by atoms with Gasteiger partial charge in [-0.3, -0.25) is 9.59 Å². The van der Waals surface area contributed by atoms with Crippen molar-refractivity contribution in [1.82, 2.24) is 4.90 Å². The Morgan fingerprint density at radius 1 is 1.23 bits per heavy atom. The number of esters is 1. The first kappa shape index (κ1) is 20.2. The summed E-state index contributed by atoms with van der Waals surface area (Å²) in [5.74, 6) is 1.70. The lowest BCUT2D eigenvalue weighted by Crippen LogP contribution is -2.52. The van der Waals surface area contributed by atoms with Crippen LogP contribution in [-0.4, -0.2) is 41.7 Å². The van der Waals surface area contributed by atoms with E-state index in [1.165, 1.54) is 18.9 Å². The minimum absolute atomic E-state index is 0.0214. The van der Waals surface area contributed by atoms with E-state index >= 15 is 0 Å². The van der Waals surface area contributed by atoms with Crippen LogP contribution in [0.25, 0.3) is 0 Å². The monoisotopic (exact) mass is 439 g/mol. The van der Waals surface area contributed by atoms with Crippen molar-refractivity contribution < 1.29 is 23.8 Å². The lowest BCUT2D eigenvalue weighted by molar-refractivity contribution is -0.157. The van der Waals surface area contributed by atoms with Crippen LogP contribution in [0.5, 0.6) is 11.5 Å². The quantitative estimate of drug-likeness (QED) is 0.665. The van der Waals surface area contributed by atoms with Crippen LogP contribution in [0.4, 0.5) is 0 Å². The molecule has 6 nitrogen and oxygen atoms in total. The molecule has 0 aromatic heterocycles. The van der Waals surface area contributed by atoms with Gasteiger partial charge in [0.2, 0.25) is 12.7 Å². The van der Waals surface area contributed by atoms with Gasteiger partial charge in [0.1, 0.15) is 10.7 Å². The zero-order valence-electron chi connectivity index (χ0n) is 17.8. The second-order valence-corrected chi connectivity index (χ2v) is 9.70. The van der Waals surface area contributed by atoms with Gasteiger partial charge in [-0.25, -0.2) is 0 Å². The fourth-order valence-corrected chi connectivity index (χ4v) is 6.84. The van der Waals surface area contributed by atoms with Crippen molar-refractivity contribution in [3.8, 4) is 11.5 Å². The number of thioether (sulfide) groups is 1. The number of hydrogen-bond acceptors (Lipinski definition) is 6. The van der Waals surface area contributed by atoms with Crippen LogP contribution in [0.2, 0.25) is 0 Å². The van der Waals surface area contributed by atoms with E-state index in [0.29, 0.717) is 24.5 Å². The highest BCUT2D eigenvalue weighted by molar-refractivity contribution is 8.00. The van der Waals surface area contributed by atoms with Gasteiger partial charge in [0.05, 0.1) is 12.6 Å². The molecular weight excluding hydrogens is 414 g/mol. The van der Waals surface area contributed by atoms with Gasteiger partial charge in [-0.15, -0.1) is 11.8 Å². The zero-order valence-corrected chi connectivity index (χ0v) is 18.7. The molecule has 7 heteroatoms. The van der Waals surface area contributed by atoms with Crippen LogP contribution >= 0.6 is 11.8 Å². The summed E-state index contributed by atoms with van der Waals surface area (Å²) in [6.07, 6.45) is 0.427. The zero-order chi connectivity index (χ0) is 21.8. The Hall–Kier alpha value is -2.67. The summed E-state index contributed by atoms with van der Waals surface area (Å²) in [5, 5.41) is -0.525. The van der Waals surface area contributed by atoms with Crippen molar-refractivity contribution in [1.29, 1.82) is 0 Å². The Morgan fingerprint density at radius 2 is 1.94 bits per heavy atom. The van der Waals surface area contributed by atoms with Crippen molar-refractivity contribution in [3.05, 3.63) is 59.2 Å². The van der Waals surface area contributed by atoms with Crippen molar-refractivity contribution in [3.63, 3.8) is 0 Å². The van der Waals surface area contributed by atoms with Gasteiger partial charge in [0.25, 0.3) is 0 Å². The molecule has 0 unspecified atom stereocenters. The number of likely N-dealkylation sites (tertiary alicyclic amines) is 1. The number of hydrogen-bond donors (Lipinski definition) is 0. The number of nitrogens with zero attached hydrogens (tertiary/aromatic N) is 1. The molecule has 2 aromatic carbocycles. The van der Waals surface area contributed by atoms with E-state index in [4.69, 9.17) is 14.2 Å². The van der Waals surface area contributed by atoms with Crippen molar-refractivity contribution in [2.45, 2.75) is 37.6 Å². The molecule has 0 radical (unpaired) electrons. The average Bonchev–Trinajstić information content (AvgIpc) is 3.39. The van der Waals surface area contributed by atoms with E-state index in [0.717, 1.165) is 22.4 Å². The molecule has 2 aliphatic heterocycles. The summed E-state index contributed by atoms with van der Waals surface area (Å²) in [4.78, 5) is 29.2. The summed E-state index contributed by atoms with van der Waals surface area (Å²) < 4.78 is 16.6. The van der Waals surface area contributed by atoms with E-state index in [-0.39, 0.29) is 18.7 Å². The van der Waals surface area contributed by atoms with E-state index in [9.17, 15) is 9.59 Å². The molecule has 0 bridgehead atoms. The molecule has 1 fully saturated rings. The van der Waals surface area contributed by atoms with Gasteiger partial charge < -0.3 is 19.1 Å². The maximum absolute atomic E-state index is 13.8. The lowest BCUT2D eigenvalue weighted by Gasteiger charge is -2.42. The third-order valence-electron chi connectivity index (χ3n) is 7.01. The van der Waals surface area contributed by atoms with Crippen molar-refractivity contribution in [2.24, 2.45) is 5.41 Å². The average molecular weight is 440 g/mol. The Balaban J connectivity index is 1.73. The molecule has 31 heavy (non-hydrogen) atoms. The highest BCUT2D eigenvalue weighted by Crippen LogP contribution is 2.64. The Morgan fingerprint density at radius 3 is 2.61 bits per heavy atom. The maximum Gasteiger partial charge on any atom is 0.316 e. The molecule has 0 spiro atoms. The molecule has 2 aromatic rings. The summed E-state index contributed by atoms with van der Waals surface area (Å²) in [5.41, 5.74) is 1.07. The molecule has 2 heterocycles. The first-order valence-corrected chi connectivity index (χ1v) is 11.5. The van der Waals surface area contributed by atoms with Gasteiger partial charge in [-0.05, 0) is 47.9 Å². The van der Waals surface area contributed by atoms with Crippen LogP contribution in [0.15, 0.2) is 42.5 Å². The number of fused-ring (bicyclic) bond motifs is 4. The van der Waals surface area contributed by atoms with Crippen LogP contribution in [0.3, 0.4) is 0 Å². The second kappa shape index (κ2) is 7.19. The predicted molar refractivity (Wildman–Crippen MR) is 117 cm³/mol. The van der Waals surface area contributed by atoms with E-state index in [1.54, 1.807) is 0 Å². The second-order valence-electron chi connectivity index (χ2n) is 8.32. The van der Waals surface area contributed by atoms with Gasteiger partial charge in [0.15, 0.2) is 11.5 Å². The van der Waals surface area contributed by atoms with Crippen LogP contribution < -0.4 is 9.47 Å². The fourth-order valence-electron chi connectivity index (χ4n) is 5.55. The molecular formula is C24H25NO5S. The third-order valence-corrected chi connectivity index (χ3v) is 8.28. The molecule has 0 N–H and O–H groups in total. The lowest BCUT2D eigenvalue weighted by atomic mass is 9.71. The van der Waals surface area contributed by atoms with Crippen LogP contribution in [-0.2, 0) is 32.8 Å². The fraction of sp³-hybridized carbons (Fsp3) is 0.417. The van der Waals surface area contributed by atoms with Gasteiger partial charge in [-0.2, -0.15) is 0 Å². The number of ether oxygens (including phenoxy) is 3. The Bertz CT molecular complexity index is 1060. The normalized spacial score (nSPS) is 27.9. The molecule has 3 atom stereocenters. The summed E-state index contributed by atoms with van der Waals surface area (Å²) in [6, 6.07) is 13.8. The first-order chi connectivity index (χ1) is 15.0. The Labute approximate surface area is 185 Å². The van der Waals surface area contributed by atoms with E-state index in [1.807, 2.05) is 61.2 Å². The molecule has 1 saturated heterocycles. The number of carbonyl (C=O) groups is 2. The topological polar surface area (TPSA) is 65.1 Å². The molecule has 162 valence electrons. The number of amides is 1. The van der Waals surface area contributed by atoms with Crippen molar-refractivity contribution >= 4 is 23.6 Å². The smallest absolute Gasteiger partial charge is 0.316 e. The molecule has 5 rings (SSSR count). The highest BCUT2D eigenvalue weighted by atomic mass is 32.2. The largest absolute Gasteiger partial charge is 0.468 e. The molecule has 3 aliphatic rings. The third kappa shape index (κ3) is 2.59. The van der Waals surface area contributed by atoms with Gasteiger partial charge >= 0.3 is 5.97 Å². The standard InChI is InChI=1S/C24H25NO5S/c1-4-31-20-21(26)25(13-15-8-6-5-7-9-15)23(2)17-11-19-18(29-14-30-19)10-16(17)12-24(20,23)22(27)28-3/h5-11,20H,4,12-14H2,1-3H3/t20-,23-,24-/m1/s1. The van der Waals surface area contributed by atoms with Crippen molar-refractivity contribution in [2.75, 3.05) is 19.7 Å². The maximum atomic E-state index is 13.8.